The van der Waals surface area contributed by atoms with Crippen molar-refractivity contribution < 1.29 is 9.59 Å². The van der Waals surface area contributed by atoms with E-state index in [2.05, 4.69) is 20.6 Å². The second-order valence-electron chi connectivity index (χ2n) is 10.6. The quantitative estimate of drug-likeness (QED) is 0.512. The van der Waals surface area contributed by atoms with E-state index >= 15 is 0 Å². The third kappa shape index (κ3) is 4.19. The summed E-state index contributed by atoms with van der Waals surface area (Å²) in [6.07, 6.45) is 6.95. The van der Waals surface area contributed by atoms with Crippen LogP contribution in [0.5, 0.6) is 0 Å². The van der Waals surface area contributed by atoms with Crippen LogP contribution in [-0.2, 0) is 4.79 Å². The zero-order valence-corrected chi connectivity index (χ0v) is 21.3. The van der Waals surface area contributed by atoms with E-state index in [-0.39, 0.29) is 34.9 Å². The van der Waals surface area contributed by atoms with Crippen molar-refractivity contribution in [2.24, 2.45) is 11.8 Å². The average Bonchev–Trinajstić information content (AvgIpc) is 3.56. The molecule has 1 amide bonds. The Morgan fingerprint density at radius 1 is 1.16 bits per heavy atom. The number of nitrogens with zero attached hydrogens (tertiary/aromatic N) is 5. The molecule has 3 fully saturated rings. The normalized spacial score (nSPS) is 25.2. The molecule has 10 nitrogen and oxygen atoms in total. The molecule has 1 saturated heterocycles. The number of anilines is 3. The number of fused-ring (bicyclic) bond motifs is 2. The first-order chi connectivity index (χ1) is 17.8. The van der Waals surface area contributed by atoms with Crippen LogP contribution in [0.2, 0.25) is 0 Å². The maximum atomic E-state index is 13.5. The smallest absolute Gasteiger partial charge is 0.263 e. The summed E-state index contributed by atoms with van der Waals surface area (Å²) in [5, 5.41) is 7.18. The third-order valence-corrected chi connectivity index (χ3v) is 8.11. The van der Waals surface area contributed by atoms with Gasteiger partial charge in [-0.25, -0.2) is 9.97 Å². The molecule has 4 atom stereocenters. The summed E-state index contributed by atoms with van der Waals surface area (Å²) in [5.74, 6) is 1.84. The number of amides is 1. The van der Waals surface area contributed by atoms with Crippen LogP contribution in [0.1, 0.15) is 61.5 Å². The van der Waals surface area contributed by atoms with Crippen molar-refractivity contribution in [3.05, 3.63) is 46.0 Å². The van der Waals surface area contributed by atoms with Crippen molar-refractivity contribution in [1.82, 2.24) is 24.8 Å². The molecule has 4 heterocycles. The van der Waals surface area contributed by atoms with Gasteiger partial charge in [-0.3, -0.25) is 19.0 Å². The molecule has 3 aromatic heterocycles. The number of hydrogen-bond donors (Lipinski definition) is 2. The van der Waals surface area contributed by atoms with E-state index in [1.807, 2.05) is 13.0 Å². The summed E-state index contributed by atoms with van der Waals surface area (Å²) in [7, 11) is 0. The van der Waals surface area contributed by atoms with Gasteiger partial charge in [-0.05, 0) is 69.6 Å². The third-order valence-electron chi connectivity index (χ3n) is 8.11. The first kappa shape index (κ1) is 23.7. The molecule has 2 aliphatic carbocycles. The lowest BCUT2D eigenvalue weighted by atomic mass is 10.0. The number of pyridine rings is 2. The number of nitrogens with one attached hydrogen (secondary N) is 2. The fraction of sp³-hybridized carbons (Fsp3) is 0.481. The highest BCUT2D eigenvalue weighted by Gasteiger charge is 2.49. The van der Waals surface area contributed by atoms with Crippen molar-refractivity contribution in [3.63, 3.8) is 0 Å². The lowest BCUT2D eigenvalue weighted by Crippen LogP contribution is -2.32. The molecule has 3 aromatic rings. The van der Waals surface area contributed by atoms with Gasteiger partial charge in [0, 0.05) is 43.2 Å². The summed E-state index contributed by atoms with van der Waals surface area (Å²) < 4.78 is 1.75. The van der Waals surface area contributed by atoms with Gasteiger partial charge in [0.2, 0.25) is 11.9 Å². The van der Waals surface area contributed by atoms with Crippen molar-refractivity contribution >= 4 is 40.2 Å². The molecule has 10 heteroatoms. The predicted octanol–water partition coefficient (Wildman–Crippen LogP) is 3.13. The van der Waals surface area contributed by atoms with Gasteiger partial charge in [-0.15, -0.1) is 0 Å². The molecular formula is C27H31N7O3. The Morgan fingerprint density at radius 3 is 2.68 bits per heavy atom. The Kier molecular flexibility index (Phi) is 5.78. The summed E-state index contributed by atoms with van der Waals surface area (Å²) in [4.78, 5) is 54.0. The summed E-state index contributed by atoms with van der Waals surface area (Å²) >= 11 is 0. The van der Waals surface area contributed by atoms with Crippen LogP contribution in [0.3, 0.4) is 0 Å². The minimum atomic E-state index is -0.256. The number of aromatic nitrogens is 4. The zero-order valence-electron chi connectivity index (χ0n) is 21.3. The van der Waals surface area contributed by atoms with Gasteiger partial charge in [0.05, 0.1) is 17.4 Å². The SMILES string of the molecule is CC(=O)c1c(C)c2cnc(Nc3ccc(N4CCN[C@@H](C)CC4=O)cn3)nc2n(C2CCC3CC32)c1=O. The van der Waals surface area contributed by atoms with E-state index in [4.69, 9.17) is 4.98 Å². The zero-order chi connectivity index (χ0) is 25.8. The number of ketones is 1. The van der Waals surface area contributed by atoms with Gasteiger partial charge in [0.25, 0.3) is 5.56 Å². The molecule has 3 unspecified atom stereocenters. The molecule has 6 rings (SSSR count). The highest BCUT2D eigenvalue weighted by molar-refractivity contribution is 5.99. The van der Waals surface area contributed by atoms with Gasteiger partial charge in [-0.1, -0.05) is 0 Å². The van der Waals surface area contributed by atoms with Crippen molar-refractivity contribution in [2.45, 2.75) is 58.5 Å². The predicted molar refractivity (Wildman–Crippen MR) is 140 cm³/mol. The second-order valence-corrected chi connectivity index (χ2v) is 10.6. The van der Waals surface area contributed by atoms with Gasteiger partial charge < -0.3 is 15.5 Å². The maximum Gasteiger partial charge on any atom is 0.263 e. The molecule has 0 radical (unpaired) electrons. The minimum absolute atomic E-state index is 0.0576. The van der Waals surface area contributed by atoms with E-state index in [0.717, 1.165) is 31.5 Å². The fourth-order valence-corrected chi connectivity index (χ4v) is 6.11. The molecule has 0 bridgehead atoms. The highest BCUT2D eigenvalue weighted by Crippen LogP contribution is 2.57. The van der Waals surface area contributed by atoms with Crippen LogP contribution in [0.25, 0.3) is 11.0 Å². The number of aryl methyl sites for hydroxylation is 1. The molecule has 2 N–H and O–H groups in total. The van der Waals surface area contributed by atoms with Gasteiger partial charge in [0.1, 0.15) is 11.5 Å². The fourth-order valence-electron chi connectivity index (χ4n) is 6.11. The lowest BCUT2D eigenvalue weighted by molar-refractivity contribution is -0.118. The number of Topliss-reactive ketones (excluding diaryl/α,β-unsaturated/α-hetero) is 1. The van der Waals surface area contributed by atoms with Crippen LogP contribution in [-0.4, -0.2) is 50.3 Å². The van der Waals surface area contributed by atoms with Gasteiger partial charge in [0.15, 0.2) is 5.78 Å². The molecule has 37 heavy (non-hydrogen) atoms. The first-order valence-electron chi connectivity index (χ1n) is 13.0. The van der Waals surface area contributed by atoms with E-state index in [9.17, 15) is 14.4 Å². The van der Waals surface area contributed by atoms with Crippen LogP contribution >= 0.6 is 0 Å². The Labute approximate surface area is 214 Å². The number of hydrogen-bond acceptors (Lipinski definition) is 8. The summed E-state index contributed by atoms with van der Waals surface area (Å²) in [5.41, 5.74) is 1.89. The molecule has 3 aliphatic rings. The van der Waals surface area contributed by atoms with Crippen LogP contribution < -0.4 is 21.1 Å². The highest BCUT2D eigenvalue weighted by atomic mass is 16.2. The maximum absolute atomic E-state index is 13.5. The van der Waals surface area contributed by atoms with E-state index in [1.54, 1.807) is 34.9 Å². The Bertz CT molecular complexity index is 1470. The Hall–Kier alpha value is -3.66. The monoisotopic (exact) mass is 501 g/mol. The number of carbonyl (C=O) groups is 2. The molecule has 0 aromatic carbocycles. The van der Waals surface area contributed by atoms with Crippen molar-refractivity contribution in [2.75, 3.05) is 23.3 Å². The number of rotatable bonds is 5. The van der Waals surface area contributed by atoms with Gasteiger partial charge >= 0.3 is 0 Å². The van der Waals surface area contributed by atoms with Crippen molar-refractivity contribution in [3.8, 4) is 0 Å². The molecular weight excluding hydrogens is 470 g/mol. The standard InChI is InChI=1S/C27H31N7O3/c1-14-10-23(36)33(9-8-28-14)18-5-7-22(29-12-18)31-27-30-13-20-15(2)24(16(3)35)26(37)34(25(20)32-27)21-6-4-17-11-19(17)21/h5,7,12-14,17,19,21,28H,4,6,8-11H2,1-3H3,(H,29,30,31,32)/t14-,17?,19?,21?/m0/s1. The minimum Gasteiger partial charge on any atom is -0.312 e. The first-order valence-corrected chi connectivity index (χ1v) is 13.0. The van der Waals surface area contributed by atoms with E-state index in [1.165, 1.54) is 6.92 Å². The van der Waals surface area contributed by atoms with Crippen molar-refractivity contribution in [1.29, 1.82) is 0 Å². The number of carbonyl (C=O) groups excluding carboxylic acids is 2. The average molecular weight is 502 g/mol. The Morgan fingerprint density at radius 2 is 2.00 bits per heavy atom. The largest absolute Gasteiger partial charge is 0.312 e. The molecule has 2 saturated carbocycles. The summed E-state index contributed by atoms with van der Waals surface area (Å²) in [6, 6.07) is 3.86. The molecule has 0 spiro atoms. The molecule has 192 valence electrons. The van der Waals surface area contributed by atoms with Crippen LogP contribution in [0.4, 0.5) is 17.5 Å². The summed E-state index contributed by atoms with van der Waals surface area (Å²) in [6.45, 7) is 6.56. The van der Waals surface area contributed by atoms with Crippen LogP contribution in [0, 0.1) is 18.8 Å². The van der Waals surface area contributed by atoms with Crippen LogP contribution in [0.15, 0.2) is 29.3 Å². The molecule has 1 aliphatic heterocycles. The van der Waals surface area contributed by atoms with E-state index in [0.29, 0.717) is 53.2 Å². The van der Waals surface area contributed by atoms with E-state index < -0.39 is 0 Å². The Balaban J connectivity index is 1.33. The second kappa shape index (κ2) is 9.02. The topological polar surface area (TPSA) is 122 Å². The van der Waals surface area contributed by atoms with Gasteiger partial charge in [-0.2, -0.15) is 4.98 Å². The lowest BCUT2D eigenvalue weighted by Gasteiger charge is -2.21.